The predicted molar refractivity (Wildman–Crippen MR) is 240 cm³/mol. The monoisotopic (exact) mass is 738 g/mol. The molecule has 2 nitrogen and oxygen atoms in total. The van der Waals surface area contributed by atoms with Crippen LogP contribution in [0.5, 0.6) is 0 Å². The van der Waals surface area contributed by atoms with Crippen molar-refractivity contribution in [2.75, 3.05) is 4.90 Å². The van der Waals surface area contributed by atoms with Crippen LogP contribution in [0.4, 0.5) is 17.1 Å². The van der Waals surface area contributed by atoms with Crippen LogP contribution in [0.25, 0.3) is 77.2 Å². The maximum absolute atomic E-state index is 9.57. The molecule has 1 aliphatic carbocycles. The number of furan rings is 1. The quantitative estimate of drug-likeness (QED) is 0.169. The van der Waals surface area contributed by atoms with Crippen molar-refractivity contribution in [3.05, 3.63) is 211 Å². The van der Waals surface area contributed by atoms with Crippen molar-refractivity contribution in [3.63, 3.8) is 0 Å². The van der Waals surface area contributed by atoms with E-state index in [2.05, 4.69) is 80.6 Å². The van der Waals surface area contributed by atoms with Crippen molar-refractivity contribution < 1.29 is 16.8 Å². The fraction of sp³-hybridized carbons (Fsp3) is 0.0545. The van der Waals surface area contributed by atoms with Crippen LogP contribution in [-0.4, -0.2) is 0 Å². The van der Waals surface area contributed by atoms with Gasteiger partial charge in [0.15, 0.2) is 0 Å². The first kappa shape index (κ1) is 25.1. The van der Waals surface area contributed by atoms with E-state index in [4.69, 9.17) is 11.3 Å². The third-order valence-electron chi connectivity index (χ3n) is 11.4. The van der Waals surface area contributed by atoms with E-state index in [0.29, 0.717) is 11.4 Å². The summed E-state index contributed by atoms with van der Waals surface area (Å²) in [6, 6.07) is 43.6. The van der Waals surface area contributed by atoms with Crippen molar-refractivity contribution >= 4 is 49.8 Å². The Balaban J connectivity index is 1.12. The summed E-state index contributed by atoms with van der Waals surface area (Å²) in [6.45, 7) is 4.49. The molecule has 2 heteroatoms. The second-order valence-electron chi connectivity index (χ2n) is 15.0. The highest BCUT2D eigenvalue weighted by atomic mass is 16.3. The summed E-state index contributed by atoms with van der Waals surface area (Å²) in [7, 11) is 0. The van der Waals surface area contributed by atoms with E-state index < -0.39 is 59.9 Å². The van der Waals surface area contributed by atoms with Gasteiger partial charge in [0, 0.05) is 38.6 Å². The minimum Gasteiger partial charge on any atom is -0.455 e. The van der Waals surface area contributed by atoms with Gasteiger partial charge in [0.25, 0.3) is 0 Å². The lowest BCUT2D eigenvalue weighted by Crippen LogP contribution is -2.16. The lowest BCUT2D eigenvalue weighted by molar-refractivity contribution is 0.662. The molecule has 270 valence electrons. The topological polar surface area (TPSA) is 16.4 Å². The van der Waals surface area contributed by atoms with Gasteiger partial charge in [-0.05, 0) is 110 Å². The lowest BCUT2D eigenvalue weighted by atomic mass is 9.79. The number of rotatable bonds is 6. The molecule has 1 heterocycles. The third-order valence-corrected chi connectivity index (χ3v) is 11.4. The second kappa shape index (κ2) is 13.0. The SMILES string of the molecule is [2H]c1c([2H])c([2H])c(-c2c([2H])c([2H])c(N(c3ccc(-c4cccc5c4C(C)(C)c4ccccc4-5)cc3)c3cccc(-c4cccc5oc6c7ccccc7ccc6c45)c3)c([2H])c2[2H])c([2H])c1[2H]. The van der Waals surface area contributed by atoms with Gasteiger partial charge < -0.3 is 9.32 Å². The van der Waals surface area contributed by atoms with Gasteiger partial charge in [0.1, 0.15) is 11.2 Å². The Labute approximate surface area is 345 Å². The predicted octanol–water partition coefficient (Wildman–Crippen LogP) is 15.5. The van der Waals surface area contributed by atoms with Crippen LogP contribution >= 0.6 is 0 Å². The van der Waals surface area contributed by atoms with Crippen molar-refractivity contribution in [2.45, 2.75) is 19.3 Å². The molecule has 1 aromatic heterocycles. The molecular formula is C55H39NO. The van der Waals surface area contributed by atoms with E-state index in [-0.39, 0.29) is 16.7 Å². The summed E-state index contributed by atoms with van der Waals surface area (Å²) in [5, 5.41) is 3.96. The Morgan fingerprint density at radius 3 is 2.04 bits per heavy atom. The molecule has 57 heavy (non-hydrogen) atoms. The van der Waals surface area contributed by atoms with E-state index >= 15 is 0 Å². The zero-order chi connectivity index (χ0) is 45.9. The fourth-order valence-corrected chi connectivity index (χ4v) is 8.81. The molecule has 0 atom stereocenters. The first-order valence-corrected chi connectivity index (χ1v) is 19.0. The highest BCUT2D eigenvalue weighted by Crippen LogP contribution is 2.52. The summed E-state index contributed by atoms with van der Waals surface area (Å²) in [6.07, 6.45) is 0. The molecule has 0 saturated carbocycles. The first-order chi connectivity index (χ1) is 31.8. The van der Waals surface area contributed by atoms with E-state index in [1.807, 2.05) is 78.9 Å². The average Bonchev–Trinajstić information content (AvgIpc) is 3.84. The molecule has 0 saturated heterocycles. The Morgan fingerprint density at radius 1 is 0.474 bits per heavy atom. The standard InChI is InChI=1S/C55H39NO/c1-55(2)50-23-9-8-19-47(50)48-22-11-21-45(53(48)55)39-27-32-42(33-28-39)56(41-30-25-37(26-31-41)36-13-4-3-5-14-36)43-17-10-16-40(35-43)44-20-12-24-51-52(44)49-34-29-38-15-6-7-18-46(38)54(49)57-51/h3-35H,1-2H3/i3D,4D,5D,13D,14D,25D,26D,30D,31D. The summed E-state index contributed by atoms with van der Waals surface area (Å²) < 4.78 is 86.5. The summed E-state index contributed by atoms with van der Waals surface area (Å²) in [5.41, 5.74) is 10.2. The summed E-state index contributed by atoms with van der Waals surface area (Å²) in [4.78, 5) is 1.70. The van der Waals surface area contributed by atoms with Gasteiger partial charge in [-0.3, -0.25) is 0 Å². The maximum Gasteiger partial charge on any atom is 0.143 e. The molecule has 11 rings (SSSR count). The number of hydrogen-bond acceptors (Lipinski definition) is 2. The van der Waals surface area contributed by atoms with Gasteiger partial charge >= 0.3 is 0 Å². The minimum absolute atomic E-state index is 0.0679. The van der Waals surface area contributed by atoms with Crippen LogP contribution < -0.4 is 4.90 Å². The molecule has 0 radical (unpaired) electrons. The second-order valence-corrected chi connectivity index (χ2v) is 15.0. The van der Waals surface area contributed by atoms with Crippen LogP contribution in [0, 0.1) is 0 Å². The molecule has 0 spiro atoms. The Morgan fingerprint density at radius 2 is 1.18 bits per heavy atom. The van der Waals surface area contributed by atoms with Crippen LogP contribution in [0.3, 0.4) is 0 Å². The van der Waals surface area contributed by atoms with Gasteiger partial charge in [-0.15, -0.1) is 0 Å². The van der Waals surface area contributed by atoms with Crippen LogP contribution in [0.15, 0.2) is 204 Å². The zero-order valence-corrected chi connectivity index (χ0v) is 31.2. The molecule has 0 N–H and O–H groups in total. The lowest BCUT2D eigenvalue weighted by Gasteiger charge is -2.27. The van der Waals surface area contributed by atoms with Crippen molar-refractivity contribution in [1.82, 2.24) is 0 Å². The van der Waals surface area contributed by atoms with Crippen molar-refractivity contribution in [3.8, 4) is 44.5 Å². The summed E-state index contributed by atoms with van der Waals surface area (Å²) in [5.74, 6) is 0. The van der Waals surface area contributed by atoms with E-state index in [1.54, 1.807) is 4.90 Å². The smallest absolute Gasteiger partial charge is 0.143 e. The molecule has 0 amide bonds. The van der Waals surface area contributed by atoms with Crippen LogP contribution in [0.2, 0.25) is 0 Å². The molecule has 9 aromatic carbocycles. The van der Waals surface area contributed by atoms with Crippen molar-refractivity contribution in [1.29, 1.82) is 0 Å². The minimum atomic E-state index is -0.629. The number of anilines is 3. The molecule has 0 fully saturated rings. The highest BCUT2D eigenvalue weighted by Gasteiger charge is 2.37. The van der Waals surface area contributed by atoms with Gasteiger partial charge in [0.2, 0.25) is 0 Å². The van der Waals surface area contributed by atoms with Crippen molar-refractivity contribution in [2.24, 2.45) is 0 Å². The van der Waals surface area contributed by atoms with Crippen LogP contribution in [-0.2, 0) is 5.41 Å². The normalized spacial score (nSPS) is 15.1. The molecule has 0 aliphatic heterocycles. The van der Waals surface area contributed by atoms with Gasteiger partial charge in [0.05, 0.1) is 12.3 Å². The summed E-state index contributed by atoms with van der Waals surface area (Å²) >= 11 is 0. The van der Waals surface area contributed by atoms with Gasteiger partial charge in [-0.2, -0.15) is 0 Å². The van der Waals surface area contributed by atoms with E-state index in [0.717, 1.165) is 55.0 Å². The molecule has 10 aromatic rings. The highest BCUT2D eigenvalue weighted by molar-refractivity contribution is 6.19. The van der Waals surface area contributed by atoms with E-state index in [9.17, 15) is 5.48 Å². The first-order valence-electron chi connectivity index (χ1n) is 23.5. The zero-order valence-electron chi connectivity index (χ0n) is 40.2. The molecule has 0 unspecified atom stereocenters. The van der Waals surface area contributed by atoms with Crippen LogP contribution in [0.1, 0.15) is 37.3 Å². The number of fused-ring (bicyclic) bond motifs is 8. The largest absolute Gasteiger partial charge is 0.455 e. The molecular weight excluding hydrogens is 691 g/mol. The van der Waals surface area contributed by atoms with Gasteiger partial charge in [-0.1, -0.05) is 165 Å². The third kappa shape index (κ3) is 5.33. The maximum atomic E-state index is 9.57. The van der Waals surface area contributed by atoms with E-state index in [1.165, 1.54) is 22.3 Å². The Kier molecular flexibility index (Phi) is 5.71. The fourth-order valence-electron chi connectivity index (χ4n) is 8.81. The molecule has 0 bridgehead atoms. The Bertz CT molecular complexity index is 3630. The number of nitrogens with zero attached hydrogens (tertiary/aromatic N) is 1. The average molecular weight is 739 g/mol. The number of benzene rings is 9. The van der Waals surface area contributed by atoms with Gasteiger partial charge in [-0.25, -0.2) is 0 Å². The number of hydrogen-bond donors (Lipinski definition) is 0. The molecule has 1 aliphatic rings. The Hall–Kier alpha value is -7.16.